The Morgan fingerprint density at radius 3 is 2.29 bits per heavy atom. The van der Waals surface area contributed by atoms with E-state index in [9.17, 15) is 4.79 Å². The molecule has 1 aromatic carbocycles. The highest BCUT2D eigenvalue weighted by atomic mass is 127. The molecule has 0 saturated heterocycles. The van der Waals surface area contributed by atoms with Gasteiger partial charge in [0.1, 0.15) is 0 Å². The predicted molar refractivity (Wildman–Crippen MR) is 80.8 cm³/mol. The number of carbonyl (C=O) groups excluding carboxylic acids is 1. The van der Waals surface area contributed by atoms with Crippen molar-refractivity contribution in [2.75, 3.05) is 4.43 Å². The van der Waals surface area contributed by atoms with Gasteiger partial charge in [0.05, 0.1) is 0 Å². The summed E-state index contributed by atoms with van der Waals surface area (Å²) in [5, 5.41) is 3.07. The van der Waals surface area contributed by atoms with Gasteiger partial charge in [-0.2, -0.15) is 0 Å². The smallest absolute Gasteiger partial charge is 0.251 e. The molecule has 0 bridgehead atoms. The van der Waals surface area contributed by atoms with E-state index < -0.39 is 0 Å². The van der Waals surface area contributed by atoms with E-state index >= 15 is 0 Å². The molecule has 94 valence electrons. The average Bonchev–Trinajstić information content (AvgIpc) is 2.35. The number of rotatable bonds is 5. The van der Waals surface area contributed by atoms with Crippen molar-refractivity contribution in [3.63, 3.8) is 0 Å². The number of alkyl halides is 1. The largest absolute Gasteiger partial charge is 0.348 e. The summed E-state index contributed by atoms with van der Waals surface area (Å²) in [6.45, 7) is 6.37. The van der Waals surface area contributed by atoms with Crippen molar-refractivity contribution in [1.29, 1.82) is 0 Å². The maximum atomic E-state index is 12.0. The summed E-state index contributed by atoms with van der Waals surface area (Å²) in [6.07, 6.45) is 1.00. The fourth-order valence-electron chi connectivity index (χ4n) is 1.53. The van der Waals surface area contributed by atoms with Gasteiger partial charge in [-0.25, -0.2) is 0 Å². The van der Waals surface area contributed by atoms with Gasteiger partial charge in [-0.1, -0.05) is 55.5 Å². The number of nitrogens with one attached hydrogen (secondary N) is 1. The Bertz CT molecular complexity index is 359. The Balaban J connectivity index is 2.68. The Labute approximate surface area is 117 Å². The topological polar surface area (TPSA) is 29.1 Å². The Morgan fingerprint density at radius 2 is 1.88 bits per heavy atom. The molecule has 1 unspecified atom stereocenters. The minimum absolute atomic E-state index is 0.0306. The van der Waals surface area contributed by atoms with Crippen molar-refractivity contribution in [3.8, 4) is 0 Å². The second-order valence-electron chi connectivity index (χ2n) is 4.53. The molecule has 1 amide bonds. The third-order valence-electron chi connectivity index (χ3n) is 2.91. The lowest BCUT2D eigenvalue weighted by molar-refractivity contribution is 0.0932. The minimum Gasteiger partial charge on any atom is -0.348 e. The van der Waals surface area contributed by atoms with Gasteiger partial charge >= 0.3 is 0 Å². The lowest BCUT2D eigenvalue weighted by atomic mass is 10.1. The zero-order valence-electron chi connectivity index (χ0n) is 10.7. The van der Waals surface area contributed by atoms with E-state index in [1.807, 2.05) is 24.3 Å². The van der Waals surface area contributed by atoms with Crippen LogP contribution in [0.3, 0.4) is 0 Å². The second kappa shape index (κ2) is 6.99. The molecule has 0 heterocycles. The third-order valence-corrected chi connectivity index (χ3v) is 3.86. The van der Waals surface area contributed by atoms with Crippen LogP contribution in [-0.2, 0) is 6.42 Å². The first-order valence-electron chi connectivity index (χ1n) is 6.04. The van der Waals surface area contributed by atoms with Crippen LogP contribution in [0.5, 0.6) is 0 Å². The monoisotopic (exact) mass is 345 g/mol. The fourth-order valence-corrected chi connectivity index (χ4v) is 2.76. The van der Waals surface area contributed by atoms with Crippen molar-refractivity contribution in [3.05, 3.63) is 35.4 Å². The number of halogens is 1. The van der Waals surface area contributed by atoms with Crippen LogP contribution in [0.25, 0.3) is 0 Å². The molecule has 1 rings (SSSR count). The summed E-state index contributed by atoms with van der Waals surface area (Å²) < 4.78 is 0.939. The van der Waals surface area contributed by atoms with Crippen LogP contribution >= 0.6 is 22.6 Å². The highest BCUT2D eigenvalue weighted by Crippen LogP contribution is 2.09. The van der Waals surface area contributed by atoms with E-state index in [4.69, 9.17) is 0 Å². The molecule has 0 saturated carbocycles. The molecular weight excluding hydrogens is 325 g/mol. The average molecular weight is 345 g/mol. The van der Waals surface area contributed by atoms with Crippen molar-refractivity contribution in [2.45, 2.75) is 33.2 Å². The predicted octanol–water partition coefficient (Wildman–Crippen LogP) is 3.44. The molecule has 2 nitrogen and oxygen atoms in total. The van der Waals surface area contributed by atoms with Crippen LogP contribution in [0.4, 0.5) is 0 Å². The van der Waals surface area contributed by atoms with Crippen molar-refractivity contribution in [2.24, 2.45) is 5.92 Å². The number of amides is 1. The van der Waals surface area contributed by atoms with Gasteiger partial charge in [0, 0.05) is 16.0 Å². The van der Waals surface area contributed by atoms with Crippen LogP contribution in [-0.4, -0.2) is 16.4 Å². The summed E-state index contributed by atoms with van der Waals surface area (Å²) in [5.74, 6) is 0.494. The zero-order valence-corrected chi connectivity index (χ0v) is 12.8. The maximum Gasteiger partial charge on any atom is 0.251 e. The first-order chi connectivity index (χ1) is 8.08. The number of carbonyl (C=O) groups is 1. The summed E-state index contributed by atoms with van der Waals surface area (Å²) in [5.41, 5.74) is 2.01. The summed E-state index contributed by atoms with van der Waals surface area (Å²) >= 11 is 2.31. The van der Waals surface area contributed by atoms with Gasteiger partial charge < -0.3 is 5.32 Å². The Morgan fingerprint density at radius 1 is 1.29 bits per heavy atom. The standard InChI is InChI=1S/C14H20INO/c1-4-11-5-7-12(8-6-11)14(17)16-13(9-15)10(2)3/h5-8,10,13H,4,9H2,1-3H3,(H,16,17). The molecule has 1 atom stereocenters. The molecule has 0 aliphatic rings. The molecule has 0 aliphatic carbocycles. The first-order valence-corrected chi connectivity index (χ1v) is 7.56. The maximum absolute atomic E-state index is 12.0. The molecule has 0 fully saturated rings. The molecule has 1 aromatic rings. The molecule has 3 heteroatoms. The quantitative estimate of drug-likeness (QED) is 0.643. The summed E-state index contributed by atoms with van der Waals surface area (Å²) in [4.78, 5) is 12.0. The molecular formula is C14H20INO. The molecule has 0 spiro atoms. The van der Waals surface area contributed by atoms with Gasteiger partial charge in [0.15, 0.2) is 0 Å². The van der Waals surface area contributed by atoms with E-state index in [2.05, 4.69) is 48.7 Å². The lowest BCUT2D eigenvalue weighted by Gasteiger charge is -2.20. The molecule has 17 heavy (non-hydrogen) atoms. The normalized spacial score (nSPS) is 12.5. The van der Waals surface area contributed by atoms with E-state index in [1.165, 1.54) is 5.56 Å². The van der Waals surface area contributed by atoms with Crippen LogP contribution in [0.2, 0.25) is 0 Å². The van der Waals surface area contributed by atoms with Crippen molar-refractivity contribution < 1.29 is 4.79 Å². The molecule has 0 aliphatic heterocycles. The second-order valence-corrected chi connectivity index (χ2v) is 5.41. The Kier molecular flexibility index (Phi) is 5.95. The number of benzene rings is 1. The summed E-state index contributed by atoms with van der Waals surface area (Å²) in [6, 6.07) is 8.08. The number of hydrogen-bond acceptors (Lipinski definition) is 1. The molecule has 0 radical (unpaired) electrons. The van der Waals surface area contributed by atoms with E-state index in [-0.39, 0.29) is 11.9 Å². The van der Waals surface area contributed by atoms with E-state index in [0.717, 1.165) is 16.4 Å². The fraction of sp³-hybridized carbons (Fsp3) is 0.500. The summed E-state index contributed by atoms with van der Waals surface area (Å²) in [7, 11) is 0. The Hall–Kier alpha value is -0.580. The molecule has 1 N–H and O–H groups in total. The third kappa shape index (κ3) is 4.30. The highest BCUT2D eigenvalue weighted by molar-refractivity contribution is 14.1. The van der Waals surface area contributed by atoms with Crippen molar-refractivity contribution >= 4 is 28.5 Å². The zero-order chi connectivity index (χ0) is 12.8. The number of aryl methyl sites for hydroxylation is 1. The first kappa shape index (κ1) is 14.5. The van der Waals surface area contributed by atoms with Gasteiger partial charge in [-0.05, 0) is 30.0 Å². The highest BCUT2D eigenvalue weighted by Gasteiger charge is 2.15. The van der Waals surface area contributed by atoms with Gasteiger partial charge in [0.2, 0.25) is 0 Å². The van der Waals surface area contributed by atoms with Crippen LogP contribution in [0.1, 0.15) is 36.7 Å². The SMILES string of the molecule is CCc1ccc(C(=O)NC(CI)C(C)C)cc1. The van der Waals surface area contributed by atoms with E-state index in [0.29, 0.717) is 5.92 Å². The van der Waals surface area contributed by atoms with E-state index in [1.54, 1.807) is 0 Å². The van der Waals surface area contributed by atoms with Gasteiger partial charge in [-0.3, -0.25) is 4.79 Å². The number of hydrogen-bond donors (Lipinski definition) is 1. The van der Waals surface area contributed by atoms with Crippen LogP contribution < -0.4 is 5.32 Å². The van der Waals surface area contributed by atoms with Crippen LogP contribution in [0.15, 0.2) is 24.3 Å². The van der Waals surface area contributed by atoms with Crippen molar-refractivity contribution in [1.82, 2.24) is 5.32 Å². The van der Waals surface area contributed by atoms with Crippen LogP contribution in [0, 0.1) is 5.92 Å². The lowest BCUT2D eigenvalue weighted by Crippen LogP contribution is -2.39. The van der Waals surface area contributed by atoms with Gasteiger partial charge in [-0.15, -0.1) is 0 Å². The minimum atomic E-state index is 0.0306. The molecule has 0 aromatic heterocycles. The van der Waals surface area contributed by atoms with Gasteiger partial charge in [0.25, 0.3) is 5.91 Å².